The Morgan fingerprint density at radius 2 is 2.11 bits per heavy atom. The minimum atomic E-state index is 0.0725. The lowest BCUT2D eigenvalue weighted by molar-refractivity contribution is 0.0974. The Bertz CT molecular complexity index is 1110. The van der Waals surface area contributed by atoms with Gasteiger partial charge in [0.1, 0.15) is 17.5 Å². The summed E-state index contributed by atoms with van der Waals surface area (Å²) in [6, 6.07) is 2.39. The predicted molar refractivity (Wildman–Crippen MR) is 139 cm³/mol. The van der Waals surface area contributed by atoms with Crippen molar-refractivity contribution in [3.8, 4) is 5.75 Å². The maximum absolute atomic E-state index is 6.47. The molecular formula is C25H35N7O3S. The Morgan fingerprint density at radius 3 is 2.83 bits per heavy atom. The quantitative estimate of drug-likeness (QED) is 0.611. The molecule has 4 aliphatic rings. The van der Waals surface area contributed by atoms with Crippen LogP contribution in [-0.2, 0) is 9.47 Å². The lowest BCUT2D eigenvalue weighted by Crippen LogP contribution is -2.50. The van der Waals surface area contributed by atoms with Gasteiger partial charge in [0.05, 0.1) is 36.5 Å². The van der Waals surface area contributed by atoms with Gasteiger partial charge in [-0.1, -0.05) is 11.8 Å². The van der Waals surface area contributed by atoms with Crippen LogP contribution in [-0.4, -0.2) is 79.7 Å². The molecule has 3 saturated heterocycles. The van der Waals surface area contributed by atoms with Crippen LogP contribution in [0.15, 0.2) is 28.4 Å². The zero-order valence-corrected chi connectivity index (χ0v) is 21.7. The molecule has 0 bridgehead atoms. The van der Waals surface area contributed by atoms with E-state index in [-0.39, 0.29) is 17.6 Å². The molecule has 3 fully saturated rings. The van der Waals surface area contributed by atoms with Gasteiger partial charge < -0.3 is 35.5 Å². The van der Waals surface area contributed by atoms with Gasteiger partial charge in [-0.25, -0.2) is 15.0 Å². The second kappa shape index (κ2) is 9.51. The van der Waals surface area contributed by atoms with Crippen LogP contribution in [0.5, 0.6) is 5.75 Å². The van der Waals surface area contributed by atoms with Crippen LogP contribution in [0.2, 0.25) is 0 Å². The third kappa shape index (κ3) is 4.15. The second-order valence-electron chi connectivity index (χ2n) is 10.5. The topological polar surface area (TPSA) is 125 Å². The maximum atomic E-state index is 6.47. The fourth-order valence-electron chi connectivity index (χ4n) is 6.18. The summed E-state index contributed by atoms with van der Waals surface area (Å²) in [6.45, 7) is 6.90. The number of hydrogen-bond donors (Lipinski definition) is 2. The molecular weight excluding hydrogens is 478 g/mol. The van der Waals surface area contributed by atoms with Crippen LogP contribution in [0, 0.1) is 11.3 Å². The first-order valence-corrected chi connectivity index (χ1v) is 13.6. The first-order chi connectivity index (χ1) is 17.5. The van der Waals surface area contributed by atoms with Gasteiger partial charge in [0, 0.05) is 50.3 Å². The van der Waals surface area contributed by atoms with Crippen molar-refractivity contribution in [1.82, 2.24) is 15.0 Å². The van der Waals surface area contributed by atoms with Gasteiger partial charge in [-0.2, -0.15) is 0 Å². The summed E-state index contributed by atoms with van der Waals surface area (Å²) in [5, 5.41) is 0.671. The van der Waals surface area contributed by atoms with Gasteiger partial charge in [-0.15, -0.1) is 0 Å². The average molecular weight is 514 g/mol. The molecule has 0 aliphatic carbocycles. The van der Waals surface area contributed by atoms with E-state index in [4.69, 9.17) is 35.6 Å². The van der Waals surface area contributed by atoms with Crippen molar-refractivity contribution in [3.05, 3.63) is 18.5 Å². The number of nitrogens with two attached hydrogens (primary N) is 2. The number of anilines is 3. The second-order valence-corrected chi connectivity index (χ2v) is 11.6. The van der Waals surface area contributed by atoms with E-state index in [9.17, 15) is 0 Å². The highest BCUT2D eigenvalue weighted by molar-refractivity contribution is 7.99. The Morgan fingerprint density at radius 1 is 1.28 bits per heavy atom. The SMILES string of the molecule is COCC1CC2COc3c(Sc4ncc(N5CCC6(CC5)COC(C)C6N)nc4N)ccnc3N2C1. The van der Waals surface area contributed by atoms with Crippen LogP contribution >= 0.6 is 11.8 Å². The Labute approximate surface area is 216 Å². The smallest absolute Gasteiger partial charge is 0.175 e. The van der Waals surface area contributed by atoms with Gasteiger partial charge in [0.25, 0.3) is 0 Å². The Balaban J connectivity index is 1.16. The summed E-state index contributed by atoms with van der Waals surface area (Å²) in [4.78, 5) is 19.6. The lowest BCUT2D eigenvalue weighted by Gasteiger charge is -2.41. The summed E-state index contributed by atoms with van der Waals surface area (Å²) in [5.74, 6) is 3.42. The van der Waals surface area contributed by atoms with E-state index in [1.54, 1.807) is 7.11 Å². The van der Waals surface area contributed by atoms with E-state index < -0.39 is 0 Å². The first-order valence-electron chi connectivity index (χ1n) is 12.8. The van der Waals surface area contributed by atoms with Gasteiger partial charge >= 0.3 is 0 Å². The van der Waals surface area contributed by atoms with Crippen LogP contribution in [0.4, 0.5) is 17.5 Å². The van der Waals surface area contributed by atoms with Crippen molar-refractivity contribution >= 4 is 29.2 Å². The number of rotatable bonds is 5. The molecule has 10 nitrogen and oxygen atoms in total. The molecule has 4 atom stereocenters. The minimum Gasteiger partial charge on any atom is -0.486 e. The monoisotopic (exact) mass is 513 g/mol. The summed E-state index contributed by atoms with van der Waals surface area (Å²) in [6.07, 6.45) is 6.80. The number of ether oxygens (including phenoxy) is 3. The number of piperidine rings is 1. The van der Waals surface area contributed by atoms with Gasteiger partial charge in [-0.3, -0.25) is 0 Å². The molecule has 194 valence electrons. The van der Waals surface area contributed by atoms with Crippen LogP contribution in [0.3, 0.4) is 0 Å². The normalized spacial score (nSPS) is 28.8. The van der Waals surface area contributed by atoms with E-state index >= 15 is 0 Å². The molecule has 36 heavy (non-hydrogen) atoms. The highest BCUT2D eigenvalue weighted by atomic mass is 32.2. The van der Waals surface area contributed by atoms with E-state index in [0.717, 1.165) is 74.4 Å². The third-order valence-electron chi connectivity index (χ3n) is 8.33. The molecule has 2 aromatic rings. The molecule has 2 aromatic heterocycles. The highest BCUT2D eigenvalue weighted by Gasteiger charge is 2.47. The molecule has 4 aliphatic heterocycles. The van der Waals surface area contributed by atoms with Crippen LogP contribution < -0.4 is 26.0 Å². The number of hydrogen-bond acceptors (Lipinski definition) is 11. The number of fused-ring (bicyclic) bond motifs is 3. The molecule has 0 amide bonds. The molecule has 0 radical (unpaired) electrons. The fraction of sp³-hybridized carbons (Fsp3) is 0.640. The summed E-state index contributed by atoms with van der Waals surface area (Å²) < 4.78 is 17.4. The number of nitrogens with zero attached hydrogens (tertiary/aromatic N) is 5. The van der Waals surface area contributed by atoms with E-state index in [2.05, 4.69) is 21.7 Å². The van der Waals surface area contributed by atoms with E-state index in [1.165, 1.54) is 11.8 Å². The van der Waals surface area contributed by atoms with Crippen LogP contribution in [0.1, 0.15) is 26.2 Å². The van der Waals surface area contributed by atoms with Gasteiger partial charge in [-0.05, 0) is 32.3 Å². The molecule has 6 heterocycles. The highest BCUT2D eigenvalue weighted by Crippen LogP contribution is 2.46. The largest absolute Gasteiger partial charge is 0.486 e. The van der Waals surface area contributed by atoms with Crippen molar-refractivity contribution < 1.29 is 14.2 Å². The van der Waals surface area contributed by atoms with E-state index in [0.29, 0.717) is 29.4 Å². The number of aromatic nitrogens is 3. The van der Waals surface area contributed by atoms with Crippen molar-refractivity contribution in [2.45, 2.75) is 54.3 Å². The van der Waals surface area contributed by atoms with Crippen molar-refractivity contribution in [2.24, 2.45) is 17.1 Å². The van der Waals surface area contributed by atoms with Crippen molar-refractivity contribution in [1.29, 1.82) is 0 Å². The zero-order chi connectivity index (χ0) is 24.9. The van der Waals surface area contributed by atoms with E-state index in [1.807, 2.05) is 18.5 Å². The Hall–Kier alpha value is -2.34. The maximum Gasteiger partial charge on any atom is 0.175 e. The molecule has 4 unspecified atom stereocenters. The predicted octanol–water partition coefficient (Wildman–Crippen LogP) is 2.17. The van der Waals surface area contributed by atoms with Gasteiger partial charge in [0.2, 0.25) is 0 Å². The molecule has 6 rings (SSSR count). The standard InChI is InChI=1S/C25H35N7O3S/c1-15-21(26)25(14-35-15)4-7-31(8-5-25)19-10-29-24(22(27)30-19)36-18-3-6-28-23-20(18)34-13-17-9-16(12-33-2)11-32(17)23/h3,6,10,15-17,21H,4-5,7-9,11-14,26H2,1-2H3,(H2,27,30). The van der Waals surface area contributed by atoms with Crippen LogP contribution in [0.25, 0.3) is 0 Å². The lowest BCUT2D eigenvalue weighted by atomic mass is 9.73. The number of methoxy groups -OCH3 is 1. The molecule has 0 aromatic carbocycles. The average Bonchev–Trinajstić information content (AvgIpc) is 3.43. The molecule has 4 N–H and O–H groups in total. The van der Waals surface area contributed by atoms with Crippen molar-refractivity contribution in [2.75, 3.05) is 62.1 Å². The molecule has 1 spiro atoms. The number of nitrogen functional groups attached to an aromatic ring is 1. The summed E-state index contributed by atoms with van der Waals surface area (Å²) in [7, 11) is 1.76. The zero-order valence-electron chi connectivity index (χ0n) is 20.9. The Kier molecular flexibility index (Phi) is 6.35. The first kappa shape index (κ1) is 24.0. The van der Waals surface area contributed by atoms with Crippen molar-refractivity contribution in [3.63, 3.8) is 0 Å². The third-order valence-corrected chi connectivity index (χ3v) is 9.38. The molecule has 11 heteroatoms. The fourth-order valence-corrected chi connectivity index (χ4v) is 7.02. The number of pyridine rings is 1. The van der Waals surface area contributed by atoms with Gasteiger partial charge in [0.15, 0.2) is 17.4 Å². The molecule has 0 saturated carbocycles. The minimum absolute atomic E-state index is 0.0725. The summed E-state index contributed by atoms with van der Waals surface area (Å²) in [5.41, 5.74) is 12.9. The summed E-state index contributed by atoms with van der Waals surface area (Å²) >= 11 is 1.48.